The van der Waals surface area contributed by atoms with E-state index in [2.05, 4.69) is 15.4 Å². The number of carbonyl (C=O) groups is 2. The van der Waals surface area contributed by atoms with E-state index in [1.807, 2.05) is 13.8 Å². The molecule has 2 amide bonds. The maximum atomic E-state index is 13.4. The Morgan fingerprint density at radius 2 is 1.76 bits per heavy atom. The quantitative estimate of drug-likeness (QED) is 0.739. The average Bonchev–Trinajstić information content (AvgIpc) is 3.19. The fraction of sp³-hybridized carbons (Fsp3) is 0.625. The first-order valence-corrected chi connectivity index (χ1v) is 12.7. The van der Waals surface area contributed by atoms with Crippen molar-refractivity contribution in [3.63, 3.8) is 0 Å². The molecule has 2 fully saturated rings. The van der Waals surface area contributed by atoms with E-state index in [1.54, 1.807) is 18.9 Å². The Morgan fingerprint density at radius 1 is 1.03 bits per heavy atom. The highest BCUT2D eigenvalue weighted by molar-refractivity contribution is 7.17. The molecule has 1 atom stereocenters. The van der Waals surface area contributed by atoms with E-state index in [0.717, 1.165) is 36.9 Å². The summed E-state index contributed by atoms with van der Waals surface area (Å²) in [6.07, 6.45) is 7.32. The van der Waals surface area contributed by atoms with Crippen molar-refractivity contribution in [3.05, 3.63) is 32.2 Å². The third-order valence-electron chi connectivity index (χ3n) is 6.96. The summed E-state index contributed by atoms with van der Waals surface area (Å²) < 4.78 is 1.32. The zero-order chi connectivity index (χ0) is 23.7. The lowest BCUT2D eigenvalue weighted by Gasteiger charge is -2.33. The summed E-state index contributed by atoms with van der Waals surface area (Å²) in [5.41, 5.74) is 2.44. The number of aromatic nitrogens is 3. The van der Waals surface area contributed by atoms with Crippen LogP contribution in [0.1, 0.15) is 71.6 Å². The minimum absolute atomic E-state index is 0.0764. The molecule has 1 N–H and O–H groups in total. The number of hydrogen-bond donors (Lipinski definition) is 1. The topological polar surface area (TPSA) is 97.2 Å². The van der Waals surface area contributed by atoms with Crippen LogP contribution in [-0.4, -0.2) is 50.6 Å². The maximum absolute atomic E-state index is 13.4. The van der Waals surface area contributed by atoms with Gasteiger partial charge in [-0.3, -0.25) is 14.4 Å². The summed E-state index contributed by atoms with van der Waals surface area (Å²) in [5.74, 6) is -0.200. The third-order valence-corrected chi connectivity index (χ3v) is 8.12. The Balaban J connectivity index is 1.51. The highest BCUT2D eigenvalue weighted by atomic mass is 32.1. The van der Waals surface area contributed by atoms with E-state index in [-0.39, 0.29) is 29.3 Å². The van der Waals surface area contributed by atoms with Crippen molar-refractivity contribution in [1.29, 1.82) is 0 Å². The minimum atomic E-state index is -0.219. The van der Waals surface area contributed by atoms with Crippen LogP contribution in [0.25, 0.3) is 10.6 Å². The summed E-state index contributed by atoms with van der Waals surface area (Å²) >= 11 is 1.25. The molecule has 3 heterocycles. The molecule has 1 aliphatic heterocycles. The molecule has 1 saturated heterocycles. The Bertz CT molecular complexity index is 1120. The van der Waals surface area contributed by atoms with E-state index < -0.39 is 0 Å². The number of thiazole rings is 1. The minimum Gasteiger partial charge on any atom is -0.353 e. The predicted molar refractivity (Wildman–Crippen MR) is 128 cm³/mol. The van der Waals surface area contributed by atoms with Gasteiger partial charge in [0.1, 0.15) is 9.88 Å². The Hall–Kier alpha value is -2.55. The van der Waals surface area contributed by atoms with E-state index in [1.165, 1.54) is 35.3 Å². The Labute approximate surface area is 198 Å². The second-order valence-corrected chi connectivity index (χ2v) is 10.4. The second-order valence-electron chi connectivity index (χ2n) is 9.38. The van der Waals surface area contributed by atoms with Gasteiger partial charge in [0.05, 0.1) is 22.9 Å². The number of aryl methyl sites for hydroxylation is 3. The molecule has 1 unspecified atom stereocenters. The highest BCUT2D eigenvalue weighted by Gasteiger charge is 2.32. The number of hydrogen-bond acceptors (Lipinski definition) is 6. The maximum Gasteiger partial charge on any atom is 0.277 e. The molecule has 9 heteroatoms. The molecule has 0 radical (unpaired) electrons. The SMILES string of the molecule is Cc1nc(-c2c(C)c(C)nn(C)c2=O)sc1C(=O)N1CCCC(C(=O)NC2CCCCC2)C1. The van der Waals surface area contributed by atoms with E-state index >= 15 is 0 Å². The molecule has 0 aromatic carbocycles. The number of likely N-dealkylation sites (tertiary alicyclic amines) is 1. The van der Waals surface area contributed by atoms with Crippen LogP contribution in [-0.2, 0) is 11.8 Å². The van der Waals surface area contributed by atoms with E-state index in [4.69, 9.17) is 0 Å². The van der Waals surface area contributed by atoms with Crippen molar-refractivity contribution >= 4 is 23.2 Å². The lowest BCUT2D eigenvalue weighted by Crippen LogP contribution is -2.47. The molecule has 178 valence electrons. The number of piperidine rings is 1. The summed E-state index contributed by atoms with van der Waals surface area (Å²) in [4.78, 5) is 45.9. The van der Waals surface area contributed by atoms with Gasteiger partial charge in [0.2, 0.25) is 5.91 Å². The molecule has 0 bridgehead atoms. The summed E-state index contributed by atoms with van der Waals surface area (Å²) in [5, 5.41) is 7.99. The van der Waals surface area contributed by atoms with Crippen LogP contribution < -0.4 is 10.9 Å². The molecular formula is C24H33N5O3S. The van der Waals surface area contributed by atoms with Crippen molar-refractivity contribution in [2.24, 2.45) is 13.0 Å². The summed E-state index contributed by atoms with van der Waals surface area (Å²) in [6.45, 7) is 6.58. The van der Waals surface area contributed by atoms with Gasteiger partial charge in [-0.15, -0.1) is 11.3 Å². The summed E-state index contributed by atoms with van der Waals surface area (Å²) in [6, 6.07) is 0.276. The van der Waals surface area contributed by atoms with Crippen LogP contribution in [0.2, 0.25) is 0 Å². The number of carbonyl (C=O) groups excluding carboxylic acids is 2. The number of amides is 2. The van der Waals surface area contributed by atoms with Gasteiger partial charge in [-0.2, -0.15) is 5.10 Å². The molecule has 1 saturated carbocycles. The monoisotopic (exact) mass is 471 g/mol. The fourth-order valence-electron chi connectivity index (χ4n) is 4.89. The van der Waals surface area contributed by atoms with Crippen molar-refractivity contribution in [2.75, 3.05) is 13.1 Å². The molecule has 8 nitrogen and oxygen atoms in total. The lowest BCUT2D eigenvalue weighted by molar-refractivity contribution is -0.127. The van der Waals surface area contributed by atoms with Gasteiger partial charge in [0.25, 0.3) is 11.5 Å². The number of rotatable bonds is 4. The second kappa shape index (κ2) is 9.75. The molecular weight excluding hydrogens is 438 g/mol. The molecule has 33 heavy (non-hydrogen) atoms. The van der Waals surface area contributed by atoms with Crippen LogP contribution in [0, 0.1) is 26.7 Å². The number of nitrogens with zero attached hydrogens (tertiary/aromatic N) is 4. The molecule has 4 rings (SSSR count). The van der Waals surface area contributed by atoms with Crippen molar-refractivity contribution in [2.45, 2.75) is 71.8 Å². The molecule has 2 aromatic heterocycles. The highest BCUT2D eigenvalue weighted by Crippen LogP contribution is 2.30. The largest absolute Gasteiger partial charge is 0.353 e. The van der Waals surface area contributed by atoms with E-state index in [0.29, 0.717) is 34.2 Å². The van der Waals surface area contributed by atoms with Gasteiger partial charge in [0, 0.05) is 26.2 Å². The van der Waals surface area contributed by atoms with Crippen molar-refractivity contribution in [3.8, 4) is 10.6 Å². The van der Waals surface area contributed by atoms with Crippen LogP contribution >= 0.6 is 11.3 Å². The molecule has 2 aliphatic rings. The van der Waals surface area contributed by atoms with Crippen LogP contribution in [0.4, 0.5) is 0 Å². The van der Waals surface area contributed by atoms with Gasteiger partial charge in [-0.25, -0.2) is 9.67 Å². The van der Waals surface area contributed by atoms with Gasteiger partial charge >= 0.3 is 0 Å². The third kappa shape index (κ3) is 4.88. The summed E-state index contributed by atoms with van der Waals surface area (Å²) in [7, 11) is 1.62. The first kappa shape index (κ1) is 23.6. The zero-order valence-corrected chi connectivity index (χ0v) is 20.8. The normalized spacial score (nSPS) is 19.5. The first-order valence-electron chi connectivity index (χ1n) is 11.9. The number of nitrogens with one attached hydrogen (secondary N) is 1. The van der Waals surface area contributed by atoms with Gasteiger partial charge in [0.15, 0.2) is 0 Å². The lowest BCUT2D eigenvalue weighted by atomic mass is 9.93. The van der Waals surface area contributed by atoms with Crippen molar-refractivity contribution < 1.29 is 9.59 Å². The van der Waals surface area contributed by atoms with Gasteiger partial charge < -0.3 is 10.2 Å². The van der Waals surface area contributed by atoms with Crippen LogP contribution in [0.15, 0.2) is 4.79 Å². The molecule has 2 aromatic rings. The van der Waals surface area contributed by atoms with Crippen LogP contribution in [0.5, 0.6) is 0 Å². The molecule has 0 spiro atoms. The van der Waals surface area contributed by atoms with Gasteiger partial charge in [-0.1, -0.05) is 19.3 Å². The molecule has 1 aliphatic carbocycles. The standard InChI is InChI=1S/C24H33N5O3S/c1-14-15(2)27-28(4)23(31)19(14)22-25-16(3)20(33-22)24(32)29-12-8-9-17(13-29)21(30)26-18-10-6-5-7-11-18/h17-18H,5-13H2,1-4H3,(H,26,30). The zero-order valence-electron chi connectivity index (χ0n) is 19.9. The smallest absolute Gasteiger partial charge is 0.277 e. The van der Waals surface area contributed by atoms with Gasteiger partial charge in [-0.05, 0) is 52.0 Å². The Kier molecular flexibility index (Phi) is 6.97. The van der Waals surface area contributed by atoms with Crippen LogP contribution in [0.3, 0.4) is 0 Å². The predicted octanol–water partition coefficient (Wildman–Crippen LogP) is 3.13. The first-order chi connectivity index (χ1) is 15.8. The average molecular weight is 472 g/mol. The van der Waals surface area contributed by atoms with E-state index in [9.17, 15) is 14.4 Å². The Morgan fingerprint density at radius 3 is 2.48 bits per heavy atom. The fourth-order valence-corrected chi connectivity index (χ4v) is 6.02. The van der Waals surface area contributed by atoms with Crippen molar-refractivity contribution in [1.82, 2.24) is 25.0 Å².